The molecule has 0 aliphatic heterocycles. The Balaban J connectivity index is 2.36. The number of rotatable bonds is 5. The smallest absolute Gasteiger partial charge is 0.221 e. The van der Waals surface area contributed by atoms with Crippen LogP contribution in [0.5, 0.6) is 0 Å². The number of hydrogen-bond donors (Lipinski definition) is 2. The van der Waals surface area contributed by atoms with Crippen molar-refractivity contribution >= 4 is 5.91 Å². The Morgan fingerprint density at radius 1 is 1.40 bits per heavy atom. The number of carbonyl (C=O) groups is 1. The van der Waals surface area contributed by atoms with Crippen molar-refractivity contribution in [3.05, 3.63) is 35.9 Å². The van der Waals surface area contributed by atoms with Crippen molar-refractivity contribution < 1.29 is 4.79 Å². The maximum atomic E-state index is 11.3. The van der Waals surface area contributed by atoms with E-state index in [2.05, 4.69) is 17.4 Å². The van der Waals surface area contributed by atoms with Crippen molar-refractivity contribution in [1.82, 2.24) is 5.32 Å². The van der Waals surface area contributed by atoms with Crippen LogP contribution in [0, 0.1) is 0 Å². The lowest BCUT2D eigenvalue weighted by Gasteiger charge is -2.13. The summed E-state index contributed by atoms with van der Waals surface area (Å²) >= 11 is 0. The van der Waals surface area contributed by atoms with Crippen LogP contribution in [0.25, 0.3) is 0 Å². The lowest BCUT2D eigenvalue weighted by atomic mass is 10.1. The van der Waals surface area contributed by atoms with E-state index in [0.29, 0.717) is 13.0 Å². The molecule has 1 aromatic carbocycles. The van der Waals surface area contributed by atoms with E-state index >= 15 is 0 Å². The molecule has 3 nitrogen and oxygen atoms in total. The normalized spacial score (nSPS) is 12.1. The predicted molar refractivity (Wildman–Crippen MR) is 61.4 cm³/mol. The molecule has 0 saturated carbocycles. The molecule has 1 unspecified atom stereocenters. The molecule has 1 rings (SSSR count). The molecular formula is C12H18N2O. The molecule has 1 amide bonds. The molecule has 0 aromatic heterocycles. The van der Waals surface area contributed by atoms with E-state index in [9.17, 15) is 4.79 Å². The number of hydrogen-bond acceptors (Lipinski definition) is 2. The van der Waals surface area contributed by atoms with Gasteiger partial charge in [-0.25, -0.2) is 0 Å². The first-order chi connectivity index (χ1) is 7.22. The van der Waals surface area contributed by atoms with Crippen molar-refractivity contribution in [2.45, 2.75) is 25.8 Å². The number of benzene rings is 1. The first-order valence-electron chi connectivity index (χ1n) is 5.25. The summed E-state index contributed by atoms with van der Waals surface area (Å²) in [5.41, 5.74) is 6.53. The second kappa shape index (κ2) is 6.19. The molecule has 3 heteroatoms. The molecule has 0 saturated heterocycles. The van der Waals surface area contributed by atoms with Crippen LogP contribution in [0.15, 0.2) is 30.3 Å². The van der Waals surface area contributed by atoms with E-state index in [4.69, 9.17) is 5.73 Å². The van der Waals surface area contributed by atoms with Crippen LogP contribution in [-0.4, -0.2) is 18.5 Å². The van der Waals surface area contributed by atoms with Crippen LogP contribution in [0.2, 0.25) is 0 Å². The van der Waals surface area contributed by atoms with Crippen LogP contribution in [0.1, 0.15) is 18.9 Å². The van der Waals surface area contributed by atoms with Crippen LogP contribution in [0.3, 0.4) is 0 Å². The lowest BCUT2D eigenvalue weighted by molar-refractivity contribution is -0.121. The quantitative estimate of drug-likeness (QED) is 0.757. The highest BCUT2D eigenvalue weighted by molar-refractivity contribution is 5.76. The van der Waals surface area contributed by atoms with Gasteiger partial charge in [-0.05, 0) is 18.9 Å². The van der Waals surface area contributed by atoms with Gasteiger partial charge in [0.25, 0.3) is 0 Å². The molecule has 0 spiro atoms. The Kier molecular flexibility index (Phi) is 4.84. The van der Waals surface area contributed by atoms with E-state index < -0.39 is 0 Å². The summed E-state index contributed by atoms with van der Waals surface area (Å²) in [5, 5.41) is 2.91. The number of nitrogens with two attached hydrogens (primary N) is 1. The van der Waals surface area contributed by atoms with Crippen molar-refractivity contribution in [2.75, 3.05) is 6.54 Å². The Morgan fingerprint density at radius 2 is 2.07 bits per heavy atom. The molecule has 82 valence electrons. The zero-order valence-electron chi connectivity index (χ0n) is 9.07. The number of amides is 1. The zero-order chi connectivity index (χ0) is 11.1. The summed E-state index contributed by atoms with van der Waals surface area (Å²) in [6.07, 6.45) is 1.26. The van der Waals surface area contributed by atoms with Crippen LogP contribution in [-0.2, 0) is 11.2 Å². The minimum Gasteiger partial charge on any atom is -0.353 e. The minimum atomic E-state index is 0.0286. The third-order valence-corrected chi connectivity index (χ3v) is 2.16. The van der Waals surface area contributed by atoms with Gasteiger partial charge in [-0.3, -0.25) is 4.79 Å². The summed E-state index contributed by atoms with van der Waals surface area (Å²) in [4.78, 5) is 11.3. The molecule has 0 radical (unpaired) electrons. The van der Waals surface area contributed by atoms with E-state index in [1.165, 1.54) is 5.56 Å². The molecule has 0 aliphatic carbocycles. The fourth-order valence-corrected chi connectivity index (χ4v) is 1.50. The molecule has 15 heavy (non-hydrogen) atoms. The topological polar surface area (TPSA) is 55.1 Å². The first kappa shape index (κ1) is 11.7. The molecule has 0 aliphatic rings. The molecule has 0 heterocycles. The zero-order valence-corrected chi connectivity index (χ0v) is 9.07. The van der Waals surface area contributed by atoms with Gasteiger partial charge in [-0.2, -0.15) is 0 Å². The third kappa shape index (κ3) is 4.61. The Hall–Kier alpha value is -1.35. The van der Waals surface area contributed by atoms with E-state index in [0.717, 1.165) is 6.42 Å². The molecule has 1 atom stereocenters. The summed E-state index contributed by atoms with van der Waals surface area (Å²) in [6.45, 7) is 2.41. The molecule has 0 bridgehead atoms. The highest BCUT2D eigenvalue weighted by Gasteiger charge is 2.06. The van der Waals surface area contributed by atoms with E-state index in [1.54, 1.807) is 0 Å². The summed E-state index contributed by atoms with van der Waals surface area (Å²) in [6, 6.07) is 10.3. The lowest BCUT2D eigenvalue weighted by Crippen LogP contribution is -2.35. The second-order valence-corrected chi connectivity index (χ2v) is 3.70. The molecular weight excluding hydrogens is 188 g/mol. The van der Waals surface area contributed by atoms with Gasteiger partial charge < -0.3 is 11.1 Å². The third-order valence-electron chi connectivity index (χ3n) is 2.16. The van der Waals surface area contributed by atoms with E-state index in [-0.39, 0.29) is 11.9 Å². The fraction of sp³-hybridized carbons (Fsp3) is 0.417. The van der Waals surface area contributed by atoms with Crippen molar-refractivity contribution in [1.29, 1.82) is 0 Å². The van der Waals surface area contributed by atoms with Gasteiger partial charge in [-0.1, -0.05) is 30.3 Å². The van der Waals surface area contributed by atoms with Crippen molar-refractivity contribution in [3.63, 3.8) is 0 Å². The fourth-order valence-electron chi connectivity index (χ4n) is 1.50. The monoisotopic (exact) mass is 206 g/mol. The van der Waals surface area contributed by atoms with Crippen LogP contribution >= 0.6 is 0 Å². The van der Waals surface area contributed by atoms with E-state index in [1.807, 2.05) is 25.1 Å². The molecule has 1 aromatic rings. The summed E-state index contributed by atoms with van der Waals surface area (Å²) in [7, 11) is 0. The van der Waals surface area contributed by atoms with Gasteiger partial charge in [0, 0.05) is 19.0 Å². The summed E-state index contributed by atoms with van der Waals surface area (Å²) < 4.78 is 0. The summed E-state index contributed by atoms with van der Waals surface area (Å²) in [5.74, 6) is 0.0286. The largest absolute Gasteiger partial charge is 0.353 e. The van der Waals surface area contributed by atoms with Crippen LogP contribution < -0.4 is 11.1 Å². The highest BCUT2D eigenvalue weighted by Crippen LogP contribution is 2.02. The average molecular weight is 206 g/mol. The number of nitrogens with one attached hydrogen (secondary N) is 1. The Bertz CT molecular complexity index is 298. The molecule has 0 fully saturated rings. The SMILES string of the molecule is CC(Cc1ccccc1)NC(=O)CCN. The Morgan fingerprint density at radius 3 is 2.67 bits per heavy atom. The van der Waals surface area contributed by atoms with Crippen LogP contribution in [0.4, 0.5) is 0 Å². The predicted octanol–water partition coefficient (Wildman–Crippen LogP) is 1.08. The van der Waals surface area contributed by atoms with Gasteiger partial charge in [0.2, 0.25) is 5.91 Å². The van der Waals surface area contributed by atoms with Crippen molar-refractivity contribution in [3.8, 4) is 0 Å². The van der Waals surface area contributed by atoms with Gasteiger partial charge >= 0.3 is 0 Å². The van der Waals surface area contributed by atoms with Gasteiger partial charge in [-0.15, -0.1) is 0 Å². The Labute approximate surface area is 90.7 Å². The average Bonchev–Trinajstić information content (AvgIpc) is 2.19. The minimum absolute atomic E-state index is 0.0286. The molecule has 3 N–H and O–H groups in total. The van der Waals surface area contributed by atoms with Gasteiger partial charge in [0.15, 0.2) is 0 Å². The first-order valence-corrected chi connectivity index (χ1v) is 5.25. The number of carbonyl (C=O) groups excluding carboxylic acids is 1. The standard InChI is InChI=1S/C12H18N2O/c1-10(14-12(15)7-8-13)9-11-5-3-2-4-6-11/h2-6,10H,7-9,13H2,1H3,(H,14,15). The highest BCUT2D eigenvalue weighted by atomic mass is 16.1. The van der Waals surface area contributed by atoms with Gasteiger partial charge in [0.05, 0.1) is 0 Å². The van der Waals surface area contributed by atoms with Gasteiger partial charge in [0.1, 0.15) is 0 Å². The maximum Gasteiger partial charge on any atom is 0.221 e. The second-order valence-electron chi connectivity index (χ2n) is 3.70. The van der Waals surface area contributed by atoms with Crippen molar-refractivity contribution in [2.24, 2.45) is 5.73 Å². The maximum absolute atomic E-state index is 11.3.